The maximum atomic E-state index is 13.6. The van der Waals surface area contributed by atoms with Gasteiger partial charge in [0.05, 0.1) is 26.9 Å². The predicted octanol–water partition coefficient (Wildman–Crippen LogP) is 5.11. The van der Waals surface area contributed by atoms with Crippen molar-refractivity contribution in [2.24, 2.45) is 0 Å². The zero-order chi connectivity index (χ0) is 22.1. The summed E-state index contributed by atoms with van der Waals surface area (Å²) in [6, 6.07) is 13.0. The van der Waals surface area contributed by atoms with Gasteiger partial charge in [-0.05, 0) is 51.1 Å². The largest absolute Gasteiger partial charge is 0.268 e. The second kappa shape index (κ2) is 8.85. The lowest BCUT2D eigenvalue weighted by Crippen LogP contribution is -2.33. The molecular weight excluding hydrogens is 442 g/mol. The Bertz CT molecular complexity index is 1160. The third-order valence-corrected chi connectivity index (χ3v) is 7.89. The van der Waals surface area contributed by atoms with E-state index in [2.05, 4.69) is 4.98 Å². The highest BCUT2D eigenvalue weighted by molar-refractivity contribution is 7.89. The van der Waals surface area contributed by atoms with Crippen molar-refractivity contribution in [3.8, 4) is 0 Å². The summed E-state index contributed by atoms with van der Waals surface area (Å²) in [7, 11) is -2.27. The first kappa shape index (κ1) is 22.4. The number of hydrogen-bond donors (Lipinski definition) is 0. The lowest BCUT2D eigenvalue weighted by molar-refractivity contribution is 0.0999. The third kappa shape index (κ3) is 4.41. The zero-order valence-electron chi connectivity index (χ0n) is 17.0. The van der Waals surface area contributed by atoms with Gasteiger partial charge in [0.25, 0.3) is 5.91 Å². The number of aryl methyl sites for hydroxylation is 1. The smallest absolute Gasteiger partial charge is 0.266 e. The van der Waals surface area contributed by atoms with Crippen LogP contribution in [0, 0.1) is 6.92 Å². The Kier molecular flexibility index (Phi) is 6.62. The highest BCUT2D eigenvalue weighted by Crippen LogP contribution is 2.33. The first-order valence-corrected chi connectivity index (χ1v) is 11.9. The van der Waals surface area contributed by atoms with Crippen LogP contribution in [-0.2, 0) is 10.0 Å². The molecule has 0 aliphatic rings. The van der Waals surface area contributed by atoms with Crippen molar-refractivity contribution in [1.82, 2.24) is 9.29 Å². The van der Waals surface area contributed by atoms with Gasteiger partial charge >= 0.3 is 0 Å². The third-order valence-electron chi connectivity index (χ3n) is 4.59. The summed E-state index contributed by atoms with van der Waals surface area (Å²) in [6.07, 6.45) is 0. The maximum absolute atomic E-state index is 13.6. The fraction of sp³-hybridized carbons (Fsp3) is 0.238. The summed E-state index contributed by atoms with van der Waals surface area (Å²) >= 11 is 7.66. The van der Waals surface area contributed by atoms with Crippen LogP contribution in [0.25, 0.3) is 0 Å². The molecule has 0 fully saturated rings. The summed E-state index contributed by atoms with van der Waals surface area (Å²) in [6.45, 7) is 5.40. The van der Waals surface area contributed by atoms with Crippen molar-refractivity contribution in [1.29, 1.82) is 0 Å². The number of benzene rings is 2. The Morgan fingerprint density at radius 1 is 1.13 bits per heavy atom. The topological polar surface area (TPSA) is 70.6 Å². The predicted molar refractivity (Wildman–Crippen MR) is 121 cm³/mol. The van der Waals surface area contributed by atoms with Gasteiger partial charge in [0.2, 0.25) is 10.0 Å². The van der Waals surface area contributed by atoms with E-state index in [0.717, 1.165) is 5.69 Å². The highest BCUT2D eigenvalue weighted by atomic mass is 35.5. The van der Waals surface area contributed by atoms with Gasteiger partial charge < -0.3 is 0 Å². The SMILES string of the molecule is Cc1csc(N(C(=O)c2cc(S(=O)(=O)N(C)C(C)C)ccc2Cl)c2ccccc2)n1. The molecule has 0 unspecified atom stereocenters. The van der Waals surface area contributed by atoms with Gasteiger partial charge in [0.1, 0.15) is 0 Å². The van der Waals surface area contributed by atoms with E-state index in [4.69, 9.17) is 11.6 Å². The molecule has 6 nitrogen and oxygen atoms in total. The van der Waals surface area contributed by atoms with Crippen molar-refractivity contribution < 1.29 is 13.2 Å². The lowest BCUT2D eigenvalue weighted by atomic mass is 10.2. The van der Waals surface area contributed by atoms with Crippen LogP contribution in [0.3, 0.4) is 0 Å². The van der Waals surface area contributed by atoms with Crippen LogP contribution in [-0.4, -0.2) is 36.7 Å². The Balaban J connectivity index is 2.12. The number of hydrogen-bond acceptors (Lipinski definition) is 5. The minimum Gasteiger partial charge on any atom is -0.268 e. The molecule has 158 valence electrons. The Morgan fingerprint density at radius 2 is 1.80 bits per heavy atom. The van der Waals surface area contributed by atoms with Gasteiger partial charge in [-0.2, -0.15) is 4.31 Å². The summed E-state index contributed by atoms with van der Waals surface area (Å²) in [5.74, 6) is -0.454. The van der Waals surface area contributed by atoms with E-state index < -0.39 is 15.9 Å². The van der Waals surface area contributed by atoms with Gasteiger partial charge in [-0.3, -0.25) is 9.69 Å². The van der Waals surface area contributed by atoms with E-state index in [-0.39, 0.29) is 21.5 Å². The molecule has 0 saturated carbocycles. The molecule has 0 aliphatic carbocycles. The highest BCUT2D eigenvalue weighted by Gasteiger charge is 2.28. The molecule has 1 aromatic heterocycles. The van der Waals surface area contributed by atoms with Crippen LogP contribution in [0.15, 0.2) is 58.8 Å². The molecule has 3 aromatic rings. The number of thiazole rings is 1. The quantitative estimate of drug-likeness (QED) is 0.509. The Labute approximate surface area is 185 Å². The number of sulfonamides is 1. The molecule has 0 N–H and O–H groups in total. The fourth-order valence-electron chi connectivity index (χ4n) is 2.73. The van der Waals surface area contributed by atoms with E-state index >= 15 is 0 Å². The first-order chi connectivity index (χ1) is 14.1. The summed E-state index contributed by atoms with van der Waals surface area (Å²) < 4.78 is 27.1. The molecule has 0 atom stereocenters. The molecular formula is C21H22ClN3O3S2. The van der Waals surface area contributed by atoms with Crippen LogP contribution in [0.2, 0.25) is 5.02 Å². The first-order valence-electron chi connectivity index (χ1n) is 9.22. The van der Waals surface area contributed by atoms with E-state index in [1.807, 2.05) is 30.5 Å². The summed E-state index contributed by atoms with van der Waals surface area (Å²) in [5, 5.41) is 2.49. The lowest BCUT2D eigenvalue weighted by Gasteiger charge is -2.23. The maximum Gasteiger partial charge on any atom is 0.266 e. The number of para-hydroxylation sites is 1. The van der Waals surface area contributed by atoms with Crippen LogP contribution in [0.5, 0.6) is 0 Å². The summed E-state index contributed by atoms with van der Waals surface area (Å²) in [5.41, 5.74) is 1.48. The zero-order valence-corrected chi connectivity index (χ0v) is 19.4. The molecule has 0 bridgehead atoms. The van der Waals surface area contributed by atoms with Crippen LogP contribution < -0.4 is 4.90 Å². The van der Waals surface area contributed by atoms with Crippen LogP contribution >= 0.6 is 22.9 Å². The monoisotopic (exact) mass is 463 g/mol. The van der Waals surface area contributed by atoms with E-state index in [0.29, 0.717) is 10.8 Å². The number of anilines is 2. The Morgan fingerprint density at radius 3 is 2.37 bits per heavy atom. The van der Waals surface area contributed by atoms with Crippen LogP contribution in [0.1, 0.15) is 29.9 Å². The number of amides is 1. The van der Waals surface area contributed by atoms with E-state index in [1.165, 1.54) is 45.8 Å². The van der Waals surface area contributed by atoms with Crippen molar-refractivity contribution in [3.05, 3.63) is 70.2 Å². The minimum absolute atomic E-state index is 0.00906. The van der Waals surface area contributed by atoms with Crippen molar-refractivity contribution in [2.45, 2.75) is 31.7 Å². The van der Waals surface area contributed by atoms with Gasteiger partial charge in [0, 0.05) is 18.5 Å². The molecule has 9 heteroatoms. The number of carbonyl (C=O) groups excluding carboxylic acids is 1. The van der Waals surface area contributed by atoms with Crippen LogP contribution in [0.4, 0.5) is 10.8 Å². The molecule has 0 spiro atoms. The molecule has 2 aromatic carbocycles. The molecule has 0 saturated heterocycles. The summed E-state index contributed by atoms with van der Waals surface area (Å²) in [4.78, 5) is 19.5. The Hall–Kier alpha value is -2.26. The molecule has 30 heavy (non-hydrogen) atoms. The second-order valence-electron chi connectivity index (χ2n) is 7.00. The van der Waals surface area contributed by atoms with Gasteiger partial charge in [0.15, 0.2) is 5.13 Å². The molecule has 0 radical (unpaired) electrons. The second-order valence-corrected chi connectivity index (χ2v) is 10.2. The number of nitrogens with zero attached hydrogens (tertiary/aromatic N) is 3. The minimum atomic E-state index is -3.77. The fourth-order valence-corrected chi connectivity index (χ4v) is 5.14. The van der Waals surface area contributed by atoms with E-state index in [9.17, 15) is 13.2 Å². The molecule has 1 heterocycles. The average Bonchev–Trinajstić information content (AvgIpc) is 3.14. The van der Waals surface area contributed by atoms with Gasteiger partial charge in [-0.15, -0.1) is 11.3 Å². The molecule has 0 aliphatic heterocycles. The van der Waals surface area contributed by atoms with Crippen molar-refractivity contribution >= 4 is 49.7 Å². The standard InChI is InChI=1S/C21H22ClN3O3S2/c1-14(2)24(4)30(27,28)17-10-11-19(22)18(12-17)20(26)25(16-8-6-5-7-9-16)21-23-15(3)13-29-21/h5-14H,1-4H3. The van der Waals surface area contributed by atoms with Gasteiger partial charge in [-0.25, -0.2) is 13.4 Å². The normalized spacial score (nSPS) is 11.8. The van der Waals surface area contributed by atoms with Crippen molar-refractivity contribution in [2.75, 3.05) is 11.9 Å². The van der Waals surface area contributed by atoms with E-state index in [1.54, 1.807) is 26.0 Å². The average molecular weight is 464 g/mol. The van der Waals surface area contributed by atoms with Crippen molar-refractivity contribution in [3.63, 3.8) is 0 Å². The van der Waals surface area contributed by atoms with Gasteiger partial charge in [-0.1, -0.05) is 29.8 Å². The molecule has 3 rings (SSSR count). The number of carbonyl (C=O) groups is 1. The number of aromatic nitrogens is 1. The number of rotatable bonds is 6. The molecule has 1 amide bonds. The number of halogens is 1.